The summed E-state index contributed by atoms with van der Waals surface area (Å²) < 4.78 is 0. The Kier molecular flexibility index (Phi) is 5.61. The molecule has 4 heteroatoms. The van der Waals surface area contributed by atoms with Gasteiger partial charge in [0.1, 0.15) is 0 Å². The third kappa shape index (κ3) is 3.45. The monoisotopic (exact) mass is 339 g/mol. The average molecular weight is 341 g/mol. The average Bonchev–Trinajstić information content (AvgIpc) is 2.79. The van der Waals surface area contributed by atoms with Crippen LogP contribution in [0.1, 0.15) is 39.0 Å². The molecule has 0 aliphatic heterocycles. The minimum absolute atomic E-state index is 0.111. The topological polar surface area (TPSA) is 29.1 Å². The Balaban J connectivity index is 2.53. The molecule has 1 aliphatic rings. The maximum atomic E-state index is 12.0. The van der Waals surface area contributed by atoms with E-state index < -0.39 is 0 Å². The molecular formula is C11H19Br2NO. The van der Waals surface area contributed by atoms with Crippen LogP contribution in [0.25, 0.3) is 0 Å². The van der Waals surface area contributed by atoms with E-state index >= 15 is 0 Å². The van der Waals surface area contributed by atoms with Crippen molar-refractivity contribution in [1.82, 2.24) is 5.32 Å². The summed E-state index contributed by atoms with van der Waals surface area (Å²) in [4.78, 5) is 12.0. The third-order valence-corrected chi connectivity index (χ3v) is 5.45. The third-order valence-electron chi connectivity index (χ3n) is 3.30. The first kappa shape index (κ1) is 13.5. The smallest absolute Gasteiger partial charge is 0.223 e. The minimum atomic E-state index is -0.111. The van der Waals surface area contributed by atoms with Gasteiger partial charge in [-0.2, -0.15) is 0 Å². The van der Waals surface area contributed by atoms with E-state index in [0.717, 1.165) is 29.9 Å². The van der Waals surface area contributed by atoms with Crippen molar-refractivity contribution in [2.45, 2.75) is 44.6 Å². The second-order valence-corrected chi connectivity index (χ2v) is 5.49. The molecule has 0 aromatic carbocycles. The fourth-order valence-corrected chi connectivity index (χ4v) is 3.93. The summed E-state index contributed by atoms with van der Waals surface area (Å²) in [6.07, 6.45) is 5.49. The maximum absolute atomic E-state index is 12.0. The molecule has 1 rings (SSSR count). The normalized spacial score (nSPS) is 18.1. The summed E-state index contributed by atoms with van der Waals surface area (Å²) in [5, 5.41) is 4.80. The molecule has 1 N–H and O–H groups in total. The molecule has 0 bridgehead atoms. The van der Waals surface area contributed by atoms with Crippen molar-refractivity contribution < 1.29 is 4.79 Å². The molecule has 0 heterocycles. The predicted molar refractivity (Wildman–Crippen MR) is 70.7 cm³/mol. The predicted octanol–water partition coefficient (Wildman–Crippen LogP) is 3.23. The van der Waals surface area contributed by atoms with Gasteiger partial charge in [0.25, 0.3) is 0 Å². The summed E-state index contributed by atoms with van der Waals surface area (Å²) >= 11 is 6.97. The molecule has 88 valence electrons. The van der Waals surface area contributed by atoms with Gasteiger partial charge < -0.3 is 5.32 Å². The number of amides is 1. The number of nitrogens with one attached hydrogen (secondary N) is 1. The van der Waals surface area contributed by atoms with Gasteiger partial charge in [0.05, 0.1) is 5.54 Å². The second-order valence-electron chi connectivity index (χ2n) is 4.37. The van der Waals surface area contributed by atoms with Crippen LogP contribution in [0.3, 0.4) is 0 Å². The van der Waals surface area contributed by atoms with Crippen LogP contribution in [0.4, 0.5) is 0 Å². The summed E-state index contributed by atoms with van der Waals surface area (Å²) in [6.45, 7) is 2.11. The molecule has 2 nitrogen and oxygen atoms in total. The van der Waals surface area contributed by atoms with Crippen molar-refractivity contribution in [3.8, 4) is 0 Å². The molecule has 0 radical (unpaired) electrons. The highest BCUT2D eigenvalue weighted by atomic mass is 79.9. The fraction of sp³-hybridized carbons (Fsp3) is 0.909. The molecule has 15 heavy (non-hydrogen) atoms. The Hall–Kier alpha value is 0.430. The lowest BCUT2D eigenvalue weighted by molar-refractivity contribution is -0.126. The van der Waals surface area contributed by atoms with Crippen LogP contribution >= 0.6 is 31.9 Å². The fourth-order valence-electron chi connectivity index (χ4n) is 1.93. The molecule has 0 spiro atoms. The molecule has 0 saturated heterocycles. The maximum Gasteiger partial charge on any atom is 0.223 e. The van der Waals surface area contributed by atoms with Crippen LogP contribution in [-0.2, 0) is 4.79 Å². The summed E-state index contributed by atoms with van der Waals surface area (Å²) in [5.41, 5.74) is -0.111. The summed E-state index contributed by atoms with van der Waals surface area (Å²) in [6, 6.07) is 0. The highest BCUT2D eigenvalue weighted by Gasteiger charge is 2.31. The van der Waals surface area contributed by atoms with Crippen molar-refractivity contribution in [3.05, 3.63) is 0 Å². The number of alkyl halides is 2. The van der Waals surface area contributed by atoms with Gasteiger partial charge >= 0.3 is 0 Å². The van der Waals surface area contributed by atoms with Crippen molar-refractivity contribution in [2.75, 3.05) is 10.7 Å². The van der Waals surface area contributed by atoms with Gasteiger partial charge in [-0.25, -0.2) is 0 Å². The van der Waals surface area contributed by atoms with Crippen molar-refractivity contribution >= 4 is 37.8 Å². The number of halogens is 2. The van der Waals surface area contributed by atoms with Crippen molar-refractivity contribution in [1.29, 1.82) is 0 Å². The number of rotatable bonds is 5. The van der Waals surface area contributed by atoms with E-state index in [1.54, 1.807) is 0 Å². The Morgan fingerprint density at radius 2 is 1.87 bits per heavy atom. The number of carbonyl (C=O) groups excluding carboxylic acids is 1. The molecule has 0 unspecified atom stereocenters. The summed E-state index contributed by atoms with van der Waals surface area (Å²) in [5.74, 6) is 0.502. The van der Waals surface area contributed by atoms with Gasteiger partial charge in [0.2, 0.25) is 5.91 Å². The Morgan fingerprint density at radius 3 is 2.27 bits per heavy atom. The molecule has 1 amide bonds. The molecule has 0 atom stereocenters. The van der Waals surface area contributed by atoms with E-state index in [1.165, 1.54) is 12.8 Å². The zero-order chi connectivity index (χ0) is 11.3. The van der Waals surface area contributed by atoms with Gasteiger partial charge in [0.15, 0.2) is 0 Å². The lowest BCUT2D eigenvalue weighted by Crippen LogP contribution is -2.52. The van der Waals surface area contributed by atoms with Gasteiger partial charge in [-0.15, -0.1) is 0 Å². The zero-order valence-electron chi connectivity index (χ0n) is 9.19. The van der Waals surface area contributed by atoms with E-state index in [-0.39, 0.29) is 17.4 Å². The SMILES string of the molecule is CCC(CBr)(CBr)NC(=O)C1CCCC1. The van der Waals surface area contributed by atoms with Crippen molar-refractivity contribution in [2.24, 2.45) is 5.92 Å². The highest BCUT2D eigenvalue weighted by Crippen LogP contribution is 2.26. The largest absolute Gasteiger partial charge is 0.349 e. The molecule has 1 saturated carbocycles. The lowest BCUT2D eigenvalue weighted by Gasteiger charge is -2.31. The van der Waals surface area contributed by atoms with Crippen LogP contribution in [0.5, 0.6) is 0 Å². The Bertz CT molecular complexity index is 202. The van der Waals surface area contributed by atoms with Gasteiger partial charge in [-0.3, -0.25) is 4.79 Å². The van der Waals surface area contributed by atoms with Gasteiger partial charge in [-0.05, 0) is 19.3 Å². The van der Waals surface area contributed by atoms with E-state index in [9.17, 15) is 4.79 Å². The standard InChI is InChI=1S/C11H19Br2NO/c1-2-11(7-12,8-13)14-10(15)9-5-3-4-6-9/h9H,2-8H2,1H3,(H,14,15). The first-order valence-electron chi connectivity index (χ1n) is 5.61. The van der Waals surface area contributed by atoms with Crippen LogP contribution in [0.15, 0.2) is 0 Å². The van der Waals surface area contributed by atoms with E-state index in [0.29, 0.717) is 0 Å². The molecular weight excluding hydrogens is 322 g/mol. The number of hydrogen-bond acceptors (Lipinski definition) is 1. The van der Waals surface area contributed by atoms with E-state index in [1.807, 2.05) is 0 Å². The first-order valence-corrected chi connectivity index (χ1v) is 7.85. The van der Waals surface area contributed by atoms with Crippen LogP contribution in [-0.4, -0.2) is 22.1 Å². The summed E-state index contributed by atoms with van der Waals surface area (Å²) in [7, 11) is 0. The van der Waals surface area contributed by atoms with Gasteiger partial charge in [0, 0.05) is 16.6 Å². The van der Waals surface area contributed by atoms with E-state index in [4.69, 9.17) is 0 Å². The minimum Gasteiger partial charge on any atom is -0.349 e. The molecule has 0 aromatic heterocycles. The molecule has 1 aliphatic carbocycles. The molecule has 1 fully saturated rings. The van der Waals surface area contributed by atoms with Crippen LogP contribution in [0.2, 0.25) is 0 Å². The highest BCUT2D eigenvalue weighted by molar-refractivity contribution is 9.09. The lowest BCUT2D eigenvalue weighted by atomic mass is 9.99. The molecule has 0 aromatic rings. The Labute approximate surface area is 109 Å². The van der Waals surface area contributed by atoms with Gasteiger partial charge in [-0.1, -0.05) is 51.6 Å². The van der Waals surface area contributed by atoms with Crippen molar-refractivity contribution in [3.63, 3.8) is 0 Å². The van der Waals surface area contributed by atoms with Crippen LogP contribution < -0.4 is 5.32 Å². The van der Waals surface area contributed by atoms with E-state index in [2.05, 4.69) is 44.1 Å². The first-order chi connectivity index (χ1) is 7.17. The Morgan fingerprint density at radius 1 is 1.33 bits per heavy atom. The number of carbonyl (C=O) groups is 1. The zero-order valence-corrected chi connectivity index (χ0v) is 12.4. The quantitative estimate of drug-likeness (QED) is 0.765. The second kappa shape index (κ2) is 6.24. The number of hydrogen-bond donors (Lipinski definition) is 1. The van der Waals surface area contributed by atoms with Crippen LogP contribution in [0, 0.1) is 5.92 Å².